The maximum atomic E-state index is 12.6. The fourth-order valence-electron chi connectivity index (χ4n) is 3.80. The average molecular weight is 395 g/mol. The van der Waals surface area contributed by atoms with E-state index in [0.717, 1.165) is 0 Å². The van der Waals surface area contributed by atoms with Gasteiger partial charge in [0.15, 0.2) is 5.60 Å². The Kier molecular flexibility index (Phi) is 3.41. The van der Waals surface area contributed by atoms with Crippen LogP contribution in [0.2, 0.25) is 0 Å². The summed E-state index contributed by atoms with van der Waals surface area (Å²) in [4.78, 5) is 23.7. The number of halogens is 1. The molecule has 5 rings (SSSR count). The van der Waals surface area contributed by atoms with Crippen molar-refractivity contribution < 1.29 is 28.9 Å². The summed E-state index contributed by atoms with van der Waals surface area (Å²) in [5, 5.41) is 9.91. The fourth-order valence-corrected chi connectivity index (χ4v) is 3.89. The number of aromatic hydroxyl groups is 1. The van der Waals surface area contributed by atoms with Gasteiger partial charge in [-0.1, -0.05) is 18.2 Å². The Hall–Kier alpha value is -3.51. The van der Waals surface area contributed by atoms with Crippen LogP contribution < -0.4 is 9.47 Å². The van der Waals surface area contributed by atoms with Crippen molar-refractivity contribution in [2.24, 2.45) is 0 Å². The number of rotatable bonds is 1. The normalized spacial score (nSPS) is 18.5. The zero-order valence-electron chi connectivity index (χ0n) is 14.1. The number of carbonyl (C=O) groups excluding carboxylic acids is 2. The van der Waals surface area contributed by atoms with Crippen molar-refractivity contribution in [1.82, 2.24) is 0 Å². The Balaban J connectivity index is 1.81. The lowest BCUT2D eigenvalue weighted by atomic mass is 9.77. The van der Waals surface area contributed by atoms with Gasteiger partial charge in [0.1, 0.15) is 23.0 Å². The predicted octanol–water partition coefficient (Wildman–Crippen LogP) is 4.70. The molecule has 1 atom stereocenters. The number of carbonyl (C=O) groups is 2. The van der Waals surface area contributed by atoms with Gasteiger partial charge in [-0.25, -0.2) is 9.59 Å². The van der Waals surface area contributed by atoms with Gasteiger partial charge >= 0.3 is 11.4 Å². The maximum Gasteiger partial charge on any atom is 0.409 e. The molecule has 2 aliphatic rings. The second-order valence-corrected chi connectivity index (χ2v) is 6.71. The van der Waals surface area contributed by atoms with Crippen LogP contribution in [-0.4, -0.2) is 16.5 Å². The summed E-state index contributed by atoms with van der Waals surface area (Å²) < 4.78 is 16.8. The molecule has 28 heavy (non-hydrogen) atoms. The van der Waals surface area contributed by atoms with Crippen LogP contribution in [0.25, 0.3) is 0 Å². The van der Waals surface area contributed by atoms with Crippen LogP contribution in [-0.2, 0) is 10.3 Å². The summed E-state index contributed by atoms with van der Waals surface area (Å²) in [5.41, 5.74) is 0.0373. The quantitative estimate of drug-likeness (QED) is 0.476. The first-order valence-electron chi connectivity index (χ1n) is 8.35. The monoisotopic (exact) mass is 394 g/mol. The van der Waals surface area contributed by atoms with Gasteiger partial charge in [-0.2, -0.15) is 0 Å². The van der Waals surface area contributed by atoms with E-state index >= 15 is 0 Å². The van der Waals surface area contributed by atoms with Crippen LogP contribution >= 0.6 is 11.6 Å². The molecule has 3 aromatic carbocycles. The molecule has 1 spiro atoms. The number of hydrogen-bond donors (Lipinski definition) is 1. The van der Waals surface area contributed by atoms with Gasteiger partial charge in [0.25, 0.3) is 0 Å². The molecule has 0 bridgehead atoms. The number of ether oxygens (including phenoxy) is 3. The van der Waals surface area contributed by atoms with Crippen molar-refractivity contribution >= 4 is 23.0 Å². The Morgan fingerprint density at radius 2 is 1.68 bits per heavy atom. The highest BCUT2D eigenvalue weighted by molar-refractivity contribution is 6.61. The summed E-state index contributed by atoms with van der Waals surface area (Å²) >= 11 is 5.30. The summed E-state index contributed by atoms with van der Waals surface area (Å²) in [6, 6.07) is 16.4. The molecule has 0 radical (unpaired) electrons. The molecule has 0 saturated heterocycles. The van der Waals surface area contributed by atoms with Gasteiger partial charge in [-0.15, -0.1) is 0 Å². The van der Waals surface area contributed by atoms with Crippen LogP contribution in [0.3, 0.4) is 0 Å². The largest absolute Gasteiger partial charge is 0.508 e. The third-order valence-corrected chi connectivity index (χ3v) is 4.94. The van der Waals surface area contributed by atoms with Gasteiger partial charge < -0.3 is 19.3 Å². The third kappa shape index (κ3) is 2.21. The van der Waals surface area contributed by atoms with Crippen LogP contribution in [0.4, 0.5) is 4.79 Å². The summed E-state index contributed by atoms with van der Waals surface area (Å²) in [6.45, 7) is 0. The minimum atomic E-state index is -1.24. The molecule has 3 aromatic rings. The van der Waals surface area contributed by atoms with Gasteiger partial charge in [-0.05, 0) is 30.3 Å². The first-order chi connectivity index (χ1) is 13.5. The predicted molar refractivity (Wildman–Crippen MR) is 98.2 cm³/mol. The van der Waals surface area contributed by atoms with Crippen molar-refractivity contribution in [3.05, 3.63) is 82.9 Å². The smallest absolute Gasteiger partial charge is 0.409 e. The average Bonchev–Trinajstić information content (AvgIpc) is 2.95. The Bertz CT molecular complexity index is 1170. The van der Waals surface area contributed by atoms with Crippen LogP contribution in [0.15, 0.2) is 60.7 Å². The van der Waals surface area contributed by atoms with Crippen LogP contribution in [0, 0.1) is 0 Å². The van der Waals surface area contributed by atoms with Crippen molar-refractivity contribution in [2.45, 2.75) is 5.60 Å². The third-order valence-electron chi connectivity index (χ3n) is 4.87. The standard InChI is InChI=1S/C21H11ClO6/c22-20(25)26-12-6-8-16-18(10-12)27-17-9-11(23)5-7-15(17)21(16)14-4-2-1-3-13(14)19(24)28-21/h1-10,23H. The summed E-state index contributed by atoms with van der Waals surface area (Å²) in [6.07, 6.45) is 0. The number of benzene rings is 3. The molecule has 0 aromatic heterocycles. The lowest BCUT2D eigenvalue weighted by Crippen LogP contribution is -2.32. The van der Waals surface area contributed by atoms with E-state index in [0.29, 0.717) is 33.8 Å². The maximum absolute atomic E-state index is 12.6. The first-order valence-corrected chi connectivity index (χ1v) is 8.73. The van der Waals surface area contributed by atoms with Crippen LogP contribution in [0.5, 0.6) is 23.0 Å². The van der Waals surface area contributed by atoms with Gasteiger partial charge in [-0.3, -0.25) is 0 Å². The molecule has 1 unspecified atom stereocenters. The highest BCUT2D eigenvalue weighted by atomic mass is 35.5. The lowest BCUT2D eigenvalue weighted by Gasteiger charge is -2.36. The van der Waals surface area contributed by atoms with E-state index in [9.17, 15) is 14.7 Å². The second kappa shape index (κ2) is 5.74. The summed E-state index contributed by atoms with van der Waals surface area (Å²) in [5.74, 6) is 0.358. The number of phenolic OH excluding ortho intramolecular Hbond substituents is 1. The van der Waals surface area contributed by atoms with E-state index in [-0.39, 0.29) is 11.5 Å². The molecular weight excluding hydrogens is 384 g/mol. The molecular formula is C21H11ClO6. The second-order valence-electron chi connectivity index (χ2n) is 6.40. The molecule has 2 heterocycles. The molecule has 138 valence electrons. The zero-order valence-corrected chi connectivity index (χ0v) is 14.9. The van der Waals surface area contributed by atoms with Gasteiger partial charge in [0.2, 0.25) is 0 Å². The SMILES string of the molecule is O=C(Cl)Oc1ccc2c(c1)Oc1cc(O)ccc1C21OC(=O)c2ccccc21. The molecule has 1 N–H and O–H groups in total. The van der Waals surface area contributed by atoms with E-state index in [4.69, 9.17) is 25.8 Å². The van der Waals surface area contributed by atoms with Gasteiger partial charge in [0, 0.05) is 40.4 Å². The minimum Gasteiger partial charge on any atom is -0.508 e. The van der Waals surface area contributed by atoms with E-state index in [2.05, 4.69) is 0 Å². The first kappa shape index (κ1) is 16.6. The zero-order chi connectivity index (χ0) is 19.5. The number of hydrogen-bond acceptors (Lipinski definition) is 6. The number of esters is 1. The van der Waals surface area contributed by atoms with E-state index in [1.165, 1.54) is 18.2 Å². The highest BCUT2D eigenvalue weighted by Gasteiger charge is 2.53. The number of fused-ring (bicyclic) bond motifs is 6. The molecule has 6 nitrogen and oxygen atoms in total. The highest BCUT2D eigenvalue weighted by Crippen LogP contribution is 2.56. The fraction of sp³-hybridized carbons (Fsp3) is 0.0476. The van der Waals surface area contributed by atoms with Crippen molar-refractivity contribution in [3.8, 4) is 23.0 Å². The Morgan fingerprint density at radius 1 is 0.964 bits per heavy atom. The Morgan fingerprint density at radius 3 is 2.46 bits per heavy atom. The van der Waals surface area contributed by atoms with Crippen molar-refractivity contribution in [3.63, 3.8) is 0 Å². The number of phenols is 1. The lowest BCUT2D eigenvalue weighted by molar-refractivity contribution is 0.0224. The Labute approximate surface area is 163 Å². The summed E-state index contributed by atoms with van der Waals surface area (Å²) in [7, 11) is 0. The van der Waals surface area contributed by atoms with Crippen LogP contribution in [0.1, 0.15) is 27.0 Å². The molecule has 0 fully saturated rings. The molecule has 0 saturated carbocycles. The van der Waals surface area contributed by atoms with E-state index in [1.807, 2.05) is 12.1 Å². The molecule has 2 aliphatic heterocycles. The molecule has 7 heteroatoms. The minimum absolute atomic E-state index is 0.00157. The van der Waals surface area contributed by atoms with E-state index < -0.39 is 17.0 Å². The van der Waals surface area contributed by atoms with Crippen molar-refractivity contribution in [1.29, 1.82) is 0 Å². The van der Waals surface area contributed by atoms with Gasteiger partial charge in [0.05, 0.1) is 5.56 Å². The molecule has 0 amide bonds. The topological polar surface area (TPSA) is 82.1 Å². The van der Waals surface area contributed by atoms with E-state index in [1.54, 1.807) is 30.3 Å². The van der Waals surface area contributed by atoms with Crippen molar-refractivity contribution in [2.75, 3.05) is 0 Å². The molecule has 0 aliphatic carbocycles.